The lowest BCUT2D eigenvalue weighted by Gasteiger charge is -2.00. The average Bonchev–Trinajstić information content (AvgIpc) is 2.79. The Balaban J connectivity index is 2.86. The molecule has 1 rings (SSSR count). The summed E-state index contributed by atoms with van der Waals surface area (Å²) in [5.74, 6) is -0.260. The van der Waals surface area contributed by atoms with E-state index in [1.54, 1.807) is 11.8 Å². The van der Waals surface area contributed by atoms with Gasteiger partial charge in [0.1, 0.15) is 0 Å². The molecule has 0 bridgehead atoms. The molecule has 1 aliphatic heterocycles. The van der Waals surface area contributed by atoms with E-state index in [9.17, 15) is 9.59 Å². The molecule has 1 aliphatic rings. The molecule has 16 heavy (non-hydrogen) atoms. The highest BCUT2D eigenvalue weighted by Gasteiger charge is 2.15. The maximum absolute atomic E-state index is 11.3. The predicted molar refractivity (Wildman–Crippen MR) is 61.2 cm³/mol. The van der Waals surface area contributed by atoms with Crippen molar-refractivity contribution < 1.29 is 19.1 Å². The smallest absolute Gasteiger partial charge is 0.356 e. The maximum atomic E-state index is 11.3. The number of hydrogen-bond donors (Lipinski definition) is 0. The molecule has 0 saturated carbocycles. The Labute approximate surface area is 97.9 Å². The van der Waals surface area contributed by atoms with Crippen molar-refractivity contribution in [3.8, 4) is 0 Å². The Kier molecular flexibility index (Phi) is 5.04. The molecule has 1 saturated heterocycles. The topological polar surface area (TPSA) is 65.0 Å². The van der Waals surface area contributed by atoms with Gasteiger partial charge in [-0.15, -0.1) is 11.8 Å². The van der Waals surface area contributed by atoms with Crippen LogP contribution in [0.25, 0.3) is 0 Å². The van der Waals surface area contributed by atoms with Gasteiger partial charge in [-0.1, -0.05) is 0 Å². The van der Waals surface area contributed by atoms with E-state index >= 15 is 0 Å². The summed E-state index contributed by atoms with van der Waals surface area (Å²) in [6.45, 7) is 0. The predicted octanol–water partition coefficient (Wildman–Crippen LogP) is 1.14. The lowest BCUT2D eigenvalue weighted by atomic mass is 10.3. The van der Waals surface area contributed by atoms with Crippen LogP contribution in [-0.4, -0.2) is 37.0 Å². The van der Waals surface area contributed by atoms with Gasteiger partial charge in [-0.3, -0.25) is 0 Å². The first-order valence-corrected chi connectivity index (χ1v) is 5.74. The van der Waals surface area contributed by atoms with Crippen LogP contribution in [0.1, 0.15) is 12.8 Å². The van der Waals surface area contributed by atoms with Gasteiger partial charge in [0.2, 0.25) is 0 Å². The van der Waals surface area contributed by atoms with Gasteiger partial charge in [0, 0.05) is 0 Å². The van der Waals surface area contributed by atoms with E-state index in [0.717, 1.165) is 29.7 Å². The Hall–Kier alpha value is -1.30. The molecule has 88 valence electrons. The Morgan fingerprint density at radius 2 is 2.12 bits per heavy atom. The van der Waals surface area contributed by atoms with E-state index < -0.39 is 11.9 Å². The third-order valence-electron chi connectivity index (χ3n) is 1.90. The number of nitrogens with zero attached hydrogens (tertiary/aromatic N) is 1. The number of rotatable bonds is 3. The van der Waals surface area contributed by atoms with Crippen LogP contribution in [0.5, 0.6) is 0 Å². The molecular formula is C10H13NO4S. The van der Waals surface area contributed by atoms with E-state index in [0.29, 0.717) is 0 Å². The number of ether oxygens (including phenoxy) is 2. The van der Waals surface area contributed by atoms with Crippen LogP contribution in [0.4, 0.5) is 0 Å². The van der Waals surface area contributed by atoms with Gasteiger partial charge in [-0.05, 0) is 18.6 Å². The van der Waals surface area contributed by atoms with Crippen molar-refractivity contribution in [2.24, 2.45) is 4.99 Å². The fourth-order valence-electron chi connectivity index (χ4n) is 1.12. The van der Waals surface area contributed by atoms with Gasteiger partial charge in [0.25, 0.3) is 0 Å². The fraction of sp³-hybridized carbons (Fsp3) is 0.500. The second kappa shape index (κ2) is 6.32. The molecule has 1 fully saturated rings. The second-order valence-corrected chi connectivity index (χ2v) is 4.17. The lowest BCUT2D eigenvalue weighted by molar-refractivity contribution is -0.138. The number of esters is 2. The Morgan fingerprint density at radius 3 is 2.62 bits per heavy atom. The van der Waals surface area contributed by atoms with Crippen molar-refractivity contribution in [1.29, 1.82) is 0 Å². The molecule has 0 aromatic carbocycles. The summed E-state index contributed by atoms with van der Waals surface area (Å²) in [7, 11) is 2.49. The molecule has 0 amide bonds. The summed E-state index contributed by atoms with van der Waals surface area (Å²) >= 11 is 1.58. The first-order chi connectivity index (χ1) is 7.67. The standard InChI is InChI=1S/C10H13NO4S/c1-14-9(12)6-7(10(13)15-2)11-8-4-3-5-16-8/h6H,3-5H2,1-2H3/b7-6-,11-8?. The molecule has 0 aromatic heterocycles. The number of thioether (sulfide) groups is 1. The van der Waals surface area contributed by atoms with E-state index in [-0.39, 0.29) is 5.70 Å². The number of aliphatic imine (C=N–C) groups is 1. The molecule has 0 aromatic rings. The molecular weight excluding hydrogens is 230 g/mol. The molecule has 0 N–H and O–H groups in total. The van der Waals surface area contributed by atoms with Crippen molar-refractivity contribution in [2.45, 2.75) is 12.8 Å². The van der Waals surface area contributed by atoms with Crippen LogP contribution in [-0.2, 0) is 19.1 Å². The number of methoxy groups -OCH3 is 2. The highest BCUT2D eigenvalue weighted by molar-refractivity contribution is 8.14. The van der Waals surface area contributed by atoms with Gasteiger partial charge in [-0.25, -0.2) is 14.6 Å². The van der Waals surface area contributed by atoms with Gasteiger partial charge < -0.3 is 9.47 Å². The quantitative estimate of drug-likeness (QED) is 0.549. The van der Waals surface area contributed by atoms with Gasteiger partial charge in [0.15, 0.2) is 5.70 Å². The normalized spacial score (nSPS) is 18.6. The summed E-state index contributed by atoms with van der Waals surface area (Å²) in [6.07, 6.45) is 2.91. The van der Waals surface area contributed by atoms with Crippen molar-refractivity contribution in [2.75, 3.05) is 20.0 Å². The SMILES string of the molecule is COC(=O)/C=C(\N=C1CCCS1)C(=O)OC. The van der Waals surface area contributed by atoms with E-state index in [4.69, 9.17) is 0 Å². The molecule has 0 unspecified atom stereocenters. The highest BCUT2D eigenvalue weighted by Crippen LogP contribution is 2.22. The summed E-state index contributed by atoms with van der Waals surface area (Å²) in [4.78, 5) is 26.5. The summed E-state index contributed by atoms with van der Waals surface area (Å²) < 4.78 is 8.98. The van der Waals surface area contributed by atoms with Crippen molar-refractivity contribution in [3.63, 3.8) is 0 Å². The monoisotopic (exact) mass is 243 g/mol. The fourth-order valence-corrected chi connectivity index (χ4v) is 2.10. The molecule has 5 nitrogen and oxygen atoms in total. The van der Waals surface area contributed by atoms with Crippen LogP contribution in [0.15, 0.2) is 16.8 Å². The minimum atomic E-state index is -0.634. The molecule has 0 aliphatic carbocycles. The number of carbonyl (C=O) groups excluding carboxylic acids is 2. The average molecular weight is 243 g/mol. The van der Waals surface area contributed by atoms with Gasteiger partial charge in [-0.2, -0.15) is 0 Å². The van der Waals surface area contributed by atoms with Gasteiger partial charge >= 0.3 is 11.9 Å². The Morgan fingerprint density at radius 1 is 1.38 bits per heavy atom. The van der Waals surface area contributed by atoms with Crippen LogP contribution in [0, 0.1) is 0 Å². The number of hydrogen-bond acceptors (Lipinski definition) is 6. The zero-order valence-corrected chi connectivity index (χ0v) is 10.0. The van der Waals surface area contributed by atoms with E-state index in [1.807, 2.05) is 0 Å². The molecule has 0 spiro atoms. The van der Waals surface area contributed by atoms with Gasteiger partial charge in [0.05, 0.1) is 25.3 Å². The summed E-state index contributed by atoms with van der Waals surface area (Å²) in [5, 5.41) is 0.848. The molecule has 0 radical (unpaired) electrons. The lowest BCUT2D eigenvalue weighted by Crippen LogP contribution is -2.07. The largest absolute Gasteiger partial charge is 0.466 e. The van der Waals surface area contributed by atoms with Crippen LogP contribution in [0.2, 0.25) is 0 Å². The number of carbonyl (C=O) groups is 2. The summed E-state index contributed by atoms with van der Waals surface area (Å²) in [6, 6.07) is 0. The molecule has 6 heteroatoms. The zero-order chi connectivity index (χ0) is 12.0. The maximum Gasteiger partial charge on any atom is 0.356 e. The first-order valence-electron chi connectivity index (χ1n) is 4.75. The van der Waals surface area contributed by atoms with E-state index in [1.165, 1.54) is 14.2 Å². The highest BCUT2D eigenvalue weighted by atomic mass is 32.2. The second-order valence-electron chi connectivity index (χ2n) is 3.00. The van der Waals surface area contributed by atoms with Crippen molar-refractivity contribution in [1.82, 2.24) is 0 Å². The third kappa shape index (κ3) is 3.69. The molecule has 1 heterocycles. The van der Waals surface area contributed by atoms with Crippen LogP contribution >= 0.6 is 11.8 Å². The Bertz CT molecular complexity index is 341. The minimum absolute atomic E-state index is 0.0150. The molecule has 0 atom stereocenters. The first kappa shape index (κ1) is 12.8. The van der Waals surface area contributed by atoms with Crippen LogP contribution in [0.3, 0.4) is 0 Å². The van der Waals surface area contributed by atoms with E-state index in [2.05, 4.69) is 14.5 Å². The van der Waals surface area contributed by atoms with Crippen molar-refractivity contribution in [3.05, 3.63) is 11.8 Å². The van der Waals surface area contributed by atoms with Crippen LogP contribution < -0.4 is 0 Å². The van der Waals surface area contributed by atoms with Crippen molar-refractivity contribution >= 4 is 28.7 Å². The zero-order valence-electron chi connectivity index (χ0n) is 9.19. The third-order valence-corrected chi connectivity index (χ3v) is 3.02. The minimum Gasteiger partial charge on any atom is -0.466 e. The summed E-state index contributed by atoms with van der Waals surface area (Å²) in [5.41, 5.74) is -0.0150.